The fraction of sp³-hybridized carbons (Fsp3) is 0.0667. The van der Waals surface area contributed by atoms with Crippen molar-refractivity contribution < 1.29 is 9.59 Å². The van der Waals surface area contributed by atoms with Crippen molar-refractivity contribution in [3.05, 3.63) is 179 Å². The summed E-state index contributed by atoms with van der Waals surface area (Å²) in [6.07, 6.45) is 1.76. The number of carbonyl (C=O) groups excluding carboxylic acids is 2. The number of para-hydroxylation sites is 2. The minimum Gasteiger partial charge on any atom is -0.309 e. The molecule has 0 N–H and O–H groups in total. The van der Waals surface area contributed by atoms with Gasteiger partial charge in [-0.05, 0) is 86.3 Å². The van der Waals surface area contributed by atoms with Crippen molar-refractivity contribution in [2.45, 2.75) is 19.3 Å². The van der Waals surface area contributed by atoms with Crippen molar-refractivity contribution in [1.82, 2.24) is 0 Å². The number of hydrogen-bond donors (Lipinski definition) is 0. The zero-order valence-corrected chi connectivity index (χ0v) is 26.7. The average Bonchev–Trinajstić information content (AvgIpc) is 3.34. The van der Waals surface area contributed by atoms with E-state index in [1.807, 2.05) is 42.5 Å². The van der Waals surface area contributed by atoms with Gasteiger partial charge in [0.25, 0.3) is 0 Å². The largest absolute Gasteiger partial charge is 0.309 e. The van der Waals surface area contributed by atoms with Gasteiger partial charge < -0.3 is 4.90 Å². The molecule has 0 aromatic heterocycles. The number of allylic oxidation sites excluding steroid dienone is 1. The predicted octanol–water partition coefficient (Wildman–Crippen LogP) is 11.2. The average molecular weight is 618 g/mol. The van der Waals surface area contributed by atoms with Gasteiger partial charge in [-0.2, -0.15) is 0 Å². The Hall–Kier alpha value is -6.06. The second kappa shape index (κ2) is 10.5. The number of carbonyl (C=O) groups is 2. The van der Waals surface area contributed by atoms with Crippen molar-refractivity contribution in [3.8, 4) is 11.1 Å². The Morgan fingerprint density at radius 3 is 1.88 bits per heavy atom. The van der Waals surface area contributed by atoms with E-state index in [1.165, 1.54) is 27.9 Å². The van der Waals surface area contributed by atoms with Crippen LogP contribution in [-0.4, -0.2) is 11.6 Å². The summed E-state index contributed by atoms with van der Waals surface area (Å²) in [5, 5.41) is 4.13. The molecule has 0 atom stereocenters. The normalized spacial score (nSPS) is 14.6. The van der Waals surface area contributed by atoms with Crippen LogP contribution in [0.3, 0.4) is 0 Å². The smallest absolute Gasteiger partial charge is 0.197 e. The number of nitrogens with zero attached hydrogens (tertiary/aromatic N) is 1. The first-order chi connectivity index (χ1) is 23.4. The van der Waals surface area contributed by atoms with Crippen molar-refractivity contribution in [3.63, 3.8) is 0 Å². The van der Waals surface area contributed by atoms with Crippen molar-refractivity contribution >= 4 is 56.2 Å². The maximum atomic E-state index is 13.5. The first-order valence-electron chi connectivity index (χ1n) is 16.4. The number of fused-ring (bicyclic) bond motifs is 6. The molecule has 9 rings (SSSR count). The zero-order valence-electron chi connectivity index (χ0n) is 26.7. The topological polar surface area (TPSA) is 37.4 Å². The fourth-order valence-corrected chi connectivity index (χ4v) is 7.83. The molecule has 3 heteroatoms. The number of Topliss-reactive ketones (excluding diaryl/α,β-unsaturated/α-hetero) is 2. The molecule has 0 amide bonds. The molecule has 2 aliphatic rings. The summed E-state index contributed by atoms with van der Waals surface area (Å²) in [7, 11) is 0. The molecule has 0 bridgehead atoms. The molecular formula is C45H31NO2. The van der Waals surface area contributed by atoms with Gasteiger partial charge in [-0.25, -0.2) is 0 Å². The molecule has 0 fully saturated rings. The van der Waals surface area contributed by atoms with Crippen LogP contribution >= 0.6 is 0 Å². The Kier molecular flexibility index (Phi) is 6.15. The molecular weight excluding hydrogens is 587 g/mol. The van der Waals surface area contributed by atoms with E-state index < -0.39 is 0 Å². The molecule has 0 radical (unpaired) electrons. The Morgan fingerprint density at radius 2 is 1.15 bits per heavy atom. The van der Waals surface area contributed by atoms with E-state index in [2.05, 4.69) is 122 Å². The number of benzene rings is 7. The van der Waals surface area contributed by atoms with Crippen LogP contribution in [-0.2, 0) is 5.41 Å². The summed E-state index contributed by atoms with van der Waals surface area (Å²) < 4.78 is 0. The second-order valence-electron chi connectivity index (χ2n) is 13.3. The summed E-state index contributed by atoms with van der Waals surface area (Å²) in [6.45, 7) is 4.61. The zero-order chi connectivity index (χ0) is 32.6. The van der Waals surface area contributed by atoms with Crippen LogP contribution in [0.2, 0.25) is 0 Å². The molecule has 0 saturated carbocycles. The van der Waals surface area contributed by atoms with E-state index in [9.17, 15) is 9.59 Å². The van der Waals surface area contributed by atoms with E-state index in [-0.39, 0.29) is 22.6 Å². The summed E-state index contributed by atoms with van der Waals surface area (Å²) in [5.74, 6) is -0.423. The maximum absolute atomic E-state index is 13.5. The molecule has 228 valence electrons. The highest BCUT2D eigenvalue weighted by Crippen LogP contribution is 2.55. The quantitative estimate of drug-likeness (QED) is 0.146. The number of ketones is 2. The Labute approximate surface area is 279 Å². The van der Waals surface area contributed by atoms with Gasteiger partial charge in [0.1, 0.15) is 0 Å². The lowest BCUT2D eigenvalue weighted by molar-refractivity contribution is 0.0990. The highest BCUT2D eigenvalue weighted by Gasteiger charge is 2.39. The first kappa shape index (κ1) is 28.2. The van der Waals surface area contributed by atoms with Gasteiger partial charge in [0, 0.05) is 22.1 Å². The van der Waals surface area contributed by atoms with Gasteiger partial charge in [-0.15, -0.1) is 0 Å². The third-order valence-electron chi connectivity index (χ3n) is 10.1. The SMILES string of the molecule is CC1(C)c2ccccc2N(c2ccccc2-c2ccccc2)c2ccc3cc(C=C4C(=O)c5cc6ccccc6cc5C4=O)ccc3c21. The lowest BCUT2D eigenvalue weighted by atomic mass is 9.71. The van der Waals surface area contributed by atoms with E-state index in [4.69, 9.17) is 0 Å². The molecule has 0 saturated heterocycles. The minimum atomic E-state index is -0.287. The molecule has 7 aromatic rings. The minimum absolute atomic E-state index is 0.211. The van der Waals surface area contributed by atoms with Crippen LogP contribution in [0, 0.1) is 0 Å². The summed E-state index contributed by atoms with van der Waals surface area (Å²) in [5.41, 5.74) is 10.00. The molecule has 0 spiro atoms. The first-order valence-corrected chi connectivity index (χ1v) is 16.4. The van der Waals surface area contributed by atoms with Crippen LogP contribution < -0.4 is 4.90 Å². The summed E-state index contributed by atoms with van der Waals surface area (Å²) in [6, 6.07) is 50.1. The molecule has 48 heavy (non-hydrogen) atoms. The number of rotatable bonds is 3. The van der Waals surface area contributed by atoms with Crippen molar-refractivity contribution in [1.29, 1.82) is 0 Å². The van der Waals surface area contributed by atoms with Crippen LogP contribution in [0.25, 0.3) is 38.7 Å². The predicted molar refractivity (Wildman–Crippen MR) is 197 cm³/mol. The number of anilines is 3. The van der Waals surface area contributed by atoms with E-state index in [1.54, 1.807) is 6.08 Å². The Bertz CT molecular complexity index is 2470. The van der Waals surface area contributed by atoms with E-state index >= 15 is 0 Å². The van der Waals surface area contributed by atoms with Gasteiger partial charge in [-0.3, -0.25) is 9.59 Å². The second-order valence-corrected chi connectivity index (χ2v) is 13.3. The van der Waals surface area contributed by atoms with Crippen LogP contribution in [0.1, 0.15) is 51.3 Å². The lowest BCUT2D eigenvalue weighted by Crippen LogP contribution is -2.31. The fourth-order valence-electron chi connectivity index (χ4n) is 7.83. The van der Waals surface area contributed by atoms with Gasteiger partial charge in [-0.1, -0.05) is 123 Å². The highest BCUT2D eigenvalue weighted by atomic mass is 16.2. The van der Waals surface area contributed by atoms with Gasteiger partial charge in [0.15, 0.2) is 11.6 Å². The van der Waals surface area contributed by atoms with E-state index in [0.29, 0.717) is 11.1 Å². The lowest BCUT2D eigenvalue weighted by Gasteiger charge is -2.43. The van der Waals surface area contributed by atoms with Crippen LogP contribution in [0.4, 0.5) is 17.1 Å². The Balaban J connectivity index is 1.20. The van der Waals surface area contributed by atoms with Crippen LogP contribution in [0.5, 0.6) is 0 Å². The molecule has 0 unspecified atom stereocenters. The summed E-state index contributed by atoms with van der Waals surface area (Å²) in [4.78, 5) is 29.4. The van der Waals surface area contributed by atoms with Gasteiger partial charge in [0.2, 0.25) is 0 Å². The molecule has 3 nitrogen and oxygen atoms in total. The van der Waals surface area contributed by atoms with Crippen molar-refractivity contribution in [2.75, 3.05) is 4.90 Å². The molecule has 1 aliphatic heterocycles. The van der Waals surface area contributed by atoms with E-state index in [0.717, 1.165) is 38.5 Å². The molecule has 1 heterocycles. The monoisotopic (exact) mass is 617 g/mol. The molecule has 1 aliphatic carbocycles. The van der Waals surface area contributed by atoms with Gasteiger partial charge >= 0.3 is 0 Å². The molecule has 7 aromatic carbocycles. The number of hydrogen-bond acceptors (Lipinski definition) is 3. The van der Waals surface area contributed by atoms with Gasteiger partial charge in [0.05, 0.1) is 22.6 Å². The Morgan fingerprint density at radius 1 is 0.521 bits per heavy atom. The standard InChI is InChI=1S/C45H31NO2/c1-45(2)38-17-9-11-19-40(38)46(39-18-10-8-16-33(39)29-12-4-3-5-13-29)41-23-21-32-24-28(20-22-34(32)42(41)45)25-37-43(47)35-26-30-14-6-7-15-31(30)27-36(35)44(37)48/h3-27H,1-2H3. The maximum Gasteiger partial charge on any atom is 0.197 e. The highest BCUT2D eigenvalue weighted by molar-refractivity contribution is 6.42. The third kappa shape index (κ3) is 4.14. The third-order valence-corrected chi connectivity index (χ3v) is 10.1. The summed E-state index contributed by atoms with van der Waals surface area (Å²) >= 11 is 0. The van der Waals surface area contributed by atoms with Crippen LogP contribution in [0.15, 0.2) is 151 Å². The van der Waals surface area contributed by atoms with Crippen molar-refractivity contribution in [2.24, 2.45) is 0 Å².